The number of pyridine rings is 1. The number of anilines is 1. The molecule has 250 valence electrons. The van der Waals surface area contributed by atoms with Crippen molar-refractivity contribution in [2.45, 2.75) is 115 Å². The maximum absolute atomic E-state index is 13.7. The lowest BCUT2D eigenvalue weighted by molar-refractivity contribution is 0.107. The highest BCUT2D eigenvalue weighted by molar-refractivity contribution is 7.89. The van der Waals surface area contributed by atoms with Crippen LogP contribution in [0.2, 0.25) is 0 Å². The van der Waals surface area contributed by atoms with Gasteiger partial charge in [-0.25, -0.2) is 27.7 Å². The minimum Gasteiger partial charge on any atom is -0.447 e. The Hall–Kier alpha value is -3.55. The van der Waals surface area contributed by atoms with Crippen molar-refractivity contribution in [1.29, 1.82) is 0 Å². The van der Waals surface area contributed by atoms with E-state index in [9.17, 15) is 18.0 Å². The van der Waals surface area contributed by atoms with E-state index in [1.165, 1.54) is 17.4 Å². The number of benzene rings is 1. The molecule has 3 amide bonds. The maximum atomic E-state index is 13.7. The maximum Gasteiger partial charge on any atom is 0.407 e. The van der Waals surface area contributed by atoms with E-state index < -0.39 is 21.6 Å². The van der Waals surface area contributed by atoms with Gasteiger partial charge in [0.2, 0.25) is 10.0 Å². The number of nitrogens with zero attached hydrogens (tertiary/aromatic N) is 2. The van der Waals surface area contributed by atoms with Gasteiger partial charge >= 0.3 is 12.1 Å². The van der Waals surface area contributed by atoms with Gasteiger partial charge in [0.1, 0.15) is 0 Å². The minimum absolute atomic E-state index is 0.0390. The molecule has 3 aromatic rings. The summed E-state index contributed by atoms with van der Waals surface area (Å²) in [5.74, 6) is 0. The quantitative estimate of drug-likeness (QED) is 0.177. The van der Waals surface area contributed by atoms with Crippen molar-refractivity contribution in [1.82, 2.24) is 25.3 Å². The molecule has 1 fully saturated rings. The fourth-order valence-electron chi connectivity index (χ4n) is 5.76. The first-order valence-electron chi connectivity index (χ1n) is 15.8. The summed E-state index contributed by atoms with van der Waals surface area (Å²) in [7, 11) is -3.98. The van der Waals surface area contributed by atoms with Gasteiger partial charge < -0.3 is 20.7 Å². The van der Waals surface area contributed by atoms with Crippen molar-refractivity contribution < 1.29 is 22.7 Å². The number of ether oxygens (including phenoxy) is 1. The summed E-state index contributed by atoms with van der Waals surface area (Å²) in [6.07, 6.45) is 8.07. The number of hydrogen-bond acceptors (Lipinski definition) is 8. The number of carbonyl (C=O) groups is 2. The van der Waals surface area contributed by atoms with E-state index in [0.717, 1.165) is 48.4 Å². The molecule has 2 heterocycles. The molecule has 0 aliphatic heterocycles. The SMILES string of the molecule is CCCC1(c2ncc(-c3ccc(NC(=O)NCc4ccccn4)cc3S(=O)(=O)NC(C)(C)C)s2)CCC(NC(=O)OC(C)C)CC1. The van der Waals surface area contributed by atoms with Gasteiger partial charge in [-0.1, -0.05) is 25.5 Å². The highest BCUT2D eigenvalue weighted by Crippen LogP contribution is 2.46. The molecule has 0 saturated heterocycles. The zero-order valence-electron chi connectivity index (χ0n) is 27.5. The highest BCUT2D eigenvalue weighted by Gasteiger charge is 2.39. The smallest absolute Gasteiger partial charge is 0.407 e. The van der Waals surface area contributed by atoms with Crippen LogP contribution >= 0.6 is 11.3 Å². The number of urea groups is 1. The molecule has 4 rings (SSSR count). The van der Waals surface area contributed by atoms with Crippen molar-refractivity contribution in [3.8, 4) is 10.4 Å². The molecule has 0 unspecified atom stereocenters. The average molecular weight is 671 g/mol. The molecule has 0 atom stereocenters. The molecular weight excluding hydrogens is 625 g/mol. The third-order valence-corrected chi connectivity index (χ3v) is 10.8. The zero-order valence-corrected chi connectivity index (χ0v) is 29.1. The van der Waals surface area contributed by atoms with Crippen LogP contribution in [0.4, 0.5) is 15.3 Å². The molecule has 46 heavy (non-hydrogen) atoms. The predicted octanol–water partition coefficient (Wildman–Crippen LogP) is 6.72. The summed E-state index contributed by atoms with van der Waals surface area (Å²) in [6.45, 7) is 11.4. The van der Waals surface area contributed by atoms with Crippen LogP contribution in [-0.4, -0.2) is 48.2 Å². The van der Waals surface area contributed by atoms with Crippen LogP contribution in [0.1, 0.15) is 90.8 Å². The molecule has 0 radical (unpaired) electrons. The molecule has 4 N–H and O–H groups in total. The second-order valence-electron chi connectivity index (χ2n) is 13.1. The Morgan fingerprint density at radius 2 is 1.85 bits per heavy atom. The topological polar surface area (TPSA) is 151 Å². The van der Waals surface area contributed by atoms with E-state index in [-0.39, 0.29) is 35.1 Å². The van der Waals surface area contributed by atoms with Crippen LogP contribution in [0.3, 0.4) is 0 Å². The summed E-state index contributed by atoms with van der Waals surface area (Å²) < 4.78 is 35.5. The second-order valence-corrected chi connectivity index (χ2v) is 15.8. The first-order valence-corrected chi connectivity index (χ1v) is 18.1. The third kappa shape index (κ3) is 9.49. The fourth-order valence-corrected chi connectivity index (χ4v) is 8.72. The lowest BCUT2D eigenvalue weighted by Crippen LogP contribution is -2.43. The molecule has 0 spiro atoms. The van der Waals surface area contributed by atoms with E-state index in [2.05, 4.69) is 32.6 Å². The summed E-state index contributed by atoms with van der Waals surface area (Å²) in [4.78, 5) is 34.7. The molecule has 1 saturated carbocycles. The third-order valence-electron chi connectivity index (χ3n) is 7.69. The fraction of sp³-hybridized carbons (Fsp3) is 0.515. The number of aromatic nitrogens is 2. The highest BCUT2D eigenvalue weighted by atomic mass is 32.2. The van der Waals surface area contributed by atoms with E-state index in [1.807, 2.05) is 19.9 Å². The monoisotopic (exact) mass is 670 g/mol. The number of sulfonamides is 1. The molecule has 13 heteroatoms. The molecular formula is C33H46N6O5S2. The number of amides is 3. The Balaban J connectivity index is 1.59. The molecule has 1 aliphatic carbocycles. The van der Waals surface area contributed by atoms with Gasteiger partial charge in [0, 0.05) is 40.6 Å². The zero-order chi connectivity index (χ0) is 33.5. The van der Waals surface area contributed by atoms with Crippen LogP contribution in [0.25, 0.3) is 10.4 Å². The van der Waals surface area contributed by atoms with Crippen molar-refractivity contribution in [3.63, 3.8) is 0 Å². The van der Waals surface area contributed by atoms with Gasteiger partial charge in [-0.05, 0) is 91.0 Å². The standard InChI is InChI=1S/C33H46N6O5S2/c1-7-15-33(16-13-23(14-17-33)38-31(41)44-22(2)3)29-35-21-27(45-29)26-12-11-24(19-28(26)46(42,43)39-32(4,5)6)37-30(40)36-20-25-10-8-9-18-34-25/h8-12,18-19,21-23,39H,7,13-17,20H2,1-6H3,(H,38,41)(H2,36,37,40). The van der Waals surface area contributed by atoms with Crippen LogP contribution < -0.4 is 20.7 Å². The lowest BCUT2D eigenvalue weighted by Gasteiger charge is -2.39. The first-order chi connectivity index (χ1) is 21.7. The Morgan fingerprint density at radius 1 is 1.11 bits per heavy atom. The van der Waals surface area contributed by atoms with E-state index in [0.29, 0.717) is 16.9 Å². The minimum atomic E-state index is -3.98. The summed E-state index contributed by atoms with van der Waals surface area (Å²) >= 11 is 1.51. The Kier molecular flexibility index (Phi) is 11.4. The van der Waals surface area contributed by atoms with Gasteiger partial charge in [-0.2, -0.15) is 0 Å². The van der Waals surface area contributed by atoms with Crippen molar-refractivity contribution in [2.24, 2.45) is 0 Å². The number of alkyl carbamates (subject to hydrolysis) is 1. The Labute approximate surface area is 276 Å². The van der Waals surface area contributed by atoms with E-state index >= 15 is 0 Å². The first kappa shape index (κ1) is 35.3. The van der Waals surface area contributed by atoms with Crippen molar-refractivity contribution >= 4 is 39.2 Å². The van der Waals surface area contributed by atoms with Crippen LogP contribution in [0.15, 0.2) is 53.7 Å². The average Bonchev–Trinajstić information content (AvgIpc) is 3.47. The summed E-state index contributed by atoms with van der Waals surface area (Å²) in [5, 5.41) is 9.47. The second kappa shape index (κ2) is 14.9. The number of nitrogens with one attached hydrogen (secondary N) is 4. The summed E-state index contributed by atoms with van der Waals surface area (Å²) in [6, 6.07) is 9.90. The van der Waals surface area contributed by atoms with Gasteiger partial charge in [-0.15, -0.1) is 11.3 Å². The largest absolute Gasteiger partial charge is 0.447 e. The number of rotatable bonds is 11. The molecule has 0 bridgehead atoms. The Bertz CT molecular complexity index is 1590. The molecule has 11 nitrogen and oxygen atoms in total. The summed E-state index contributed by atoms with van der Waals surface area (Å²) in [5.41, 5.74) is 0.667. The van der Waals surface area contributed by atoms with Crippen LogP contribution in [0.5, 0.6) is 0 Å². The predicted molar refractivity (Wildman–Crippen MR) is 181 cm³/mol. The van der Waals surface area contributed by atoms with Crippen molar-refractivity contribution in [3.05, 3.63) is 59.5 Å². The van der Waals surface area contributed by atoms with Gasteiger partial charge in [-0.3, -0.25) is 4.98 Å². The number of hydrogen-bond donors (Lipinski definition) is 4. The van der Waals surface area contributed by atoms with Gasteiger partial charge in [0.05, 0.1) is 33.1 Å². The van der Waals surface area contributed by atoms with Crippen LogP contribution in [0, 0.1) is 0 Å². The van der Waals surface area contributed by atoms with Crippen molar-refractivity contribution in [2.75, 3.05) is 5.32 Å². The van der Waals surface area contributed by atoms with Gasteiger partial charge in [0.15, 0.2) is 0 Å². The number of carbonyl (C=O) groups excluding carboxylic acids is 2. The Morgan fingerprint density at radius 3 is 2.48 bits per heavy atom. The molecule has 1 aromatic carbocycles. The normalized spacial score (nSPS) is 18.6. The van der Waals surface area contributed by atoms with E-state index in [4.69, 9.17) is 9.72 Å². The van der Waals surface area contributed by atoms with Gasteiger partial charge in [0.25, 0.3) is 0 Å². The molecule has 2 aromatic heterocycles. The molecule has 1 aliphatic rings. The van der Waals surface area contributed by atoms with Crippen LogP contribution in [-0.2, 0) is 26.7 Å². The van der Waals surface area contributed by atoms with E-state index in [1.54, 1.807) is 57.4 Å². The number of thiazole rings is 1. The lowest BCUT2D eigenvalue weighted by atomic mass is 9.70.